The number of nitrogens with one attached hydrogen (secondary N) is 1. The van der Waals surface area contributed by atoms with Gasteiger partial charge in [-0.2, -0.15) is 0 Å². The summed E-state index contributed by atoms with van der Waals surface area (Å²) in [6.07, 6.45) is 0.0283. The summed E-state index contributed by atoms with van der Waals surface area (Å²) in [6.45, 7) is 1.55. The van der Waals surface area contributed by atoms with Crippen LogP contribution in [0.25, 0.3) is 0 Å². The lowest BCUT2D eigenvalue weighted by atomic mass is 10.1. The lowest BCUT2D eigenvalue weighted by Crippen LogP contribution is -2.39. The van der Waals surface area contributed by atoms with Gasteiger partial charge in [0.15, 0.2) is 9.84 Å². The van der Waals surface area contributed by atoms with Crippen LogP contribution in [0.1, 0.15) is 29.8 Å². The summed E-state index contributed by atoms with van der Waals surface area (Å²) in [5.74, 6) is -4.00. The highest BCUT2D eigenvalue weighted by Gasteiger charge is 2.29. The van der Waals surface area contributed by atoms with Crippen LogP contribution in [-0.2, 0) is 21.1 Å². The summed E-state index contributed by atoms with van der Waals surface area (Å²) in [6, 6.07) is 20.3. The molecule has 6 nitrogen and oxygen atoms in total. The van der Waals surface area contributed by atoms with Gasteiger partial charge in [0.05, 0.1) is 23.6 Å². The molecule has 0 aliphatic carbocycles. The third-order valence-corrected chi connectivity index (χ3v) is 6.94. The van der Waals surface area contributed by atoms with E-state index in [0.717, 1.165) is 11.8 Å². The second-order valence-corrected chi connectivity index (χ2v) is 10.4. The van der Waals surface area contributed by atoms with Crippen LogP contribution in [0.5, 0.6) is 0 Å². The predicted molar refractivity (Wildman–Crippen MR) is 132 cm³/mol. The Labute approximate surface area is 203 Å². The molecule has 9 heteroatoms. The summed E-state index contributed by atoms with van der Waals surface area (Å²) in [5.41, 5.74) is 1.63. The van der Waals surface area contributed by atoms with Crippen molar-refractivity contribution in [3.05, 3.63) is 90.0 Å². The fraction of sp³-hybridized carbons (Fsp3) is 0.231. The molecule has 0 aliphatic heterocycles. The van der Waals surface area contributed by atoms with Crippen molar-refractivity contribution in [2.75, 3.05) is 22.5 Å². The van der Waals surface area contributed by atoms with Gasteiger partial charge in [-0.3, -0.25) is 9.59 Å². The number of nitrogens with zero attached hydrogens (tertiary/aromatic N) is 1. The topological polar surface area (TPSA) is 83.5 Å². The van der Waals surface area contributed by atoms with Gasteiger partial charge in [-0.25, -0.2) is 17.2 Å². The number of hydrogen-bond donors (Lipinski definition) is 1. The highest BCUT2D eigenvalue weighted by Crippen LogP contribution is 2.23. The molecule has 0 spiro atoms. The van der Waals surface area contributed by atoms with Gasteiger partial charge >= 0.3 is 0 Å². The molecule has 0 saturated heterocycles. The first-order chi connectivity index (χ1) is 16.5. The summed E-state index contributed by atoms with van der Waals surface area (Å²) >= 11 is 0. The van der Waals surface area contributed by atoms with Crippen LogP contribution in [0.2, 0.25) is 0 Å². The van der Waals surface area contributed by atoms with E-state index in [0.29, 0.717) is 16.9 Å². The van der Waals surface area contributed by atoms with Crippen LogP contribution in [0.15, 0.2) is 83.8 Å². The molecule has 0 aliphatic rings. The minimum atomic E-state index is -3.31. The first-order valence-corrected chi connectivity index (χ1v) is 12.6. The second kappa shape index (κ2) is 10.8. The highest BCUT2D eigenvalue weighted by molar-refractivity contribution is 7.91. The number of halogens is 2. The van der Waals surface area contributed by atoms with E-state index in [-0.39, 0.29) is 28.5 Å². The summed E-state index contributed by atoms with van der Waals surface area (Å²) in [5, 5.41) is 2.71. The Bertz CT molecular complexity index is 1270. The molecule has 0 saturated carbocycles. The maximum absolute atomic E-state index is 13.7. The van der Waals surface area contributed by atoms with Crippen molar-refractivity contribution in [3.8, 4) is 0 Å². The van der Waals surface area contributed by atoms with E-state index in [1.807, 2.05) is 0 Å². The number of alkyl halides is 2. The van der Waals surface area contributed by atoms with E-state index in [2.05, 4.69) is 5.32 Å². The lowest BCUT2D eigenvalue weighted by molar-refractivity contribution is -0.115. The Kier molecular flexibility index (Phi) is 8.01. The molecule has 0 fully saturated rings. The van der Waals surface area contributed by atoms with Crippen LogP contribution in [0, 0.1) is 0 Å². The van der Waals surface area contributed by atoms with E-state index in [1.165, 1.54) is 36.4 Å². The minimum Gasteiger partial charge on any atom is -0.326 e. The van der Waals surface area contributed by atoms with Crippen LogP contribution in [0.3, 0.4) is 0 Å². The number of carbonyl (C=O) groups is 2. The van der Waals surface area contributed by atoms with Crippen molar-refractivity contribution < 1.29 is 26.8 Å². The average Bonchev–Trinajstić information content (AvgIpc) is 2.83. The molecule has 0 heterocycles. The van der Waals surface area contributed by atoms with Crippen molar-refractivity contribution in [1.82, 2.24) is 0 Å². The number of anilines is 2. The van der Waals surface area contributed by atoms with Gasteiger partial charge in [0.1, 0.15) is 0 Å². The fourth-order valence-electron chi connectivity index (χ4n) is 3.39. The number of sulfone groups is 1. The van der Waals surface area contributed by atoms with Gasteiger partial charge < -0.3 is 10.2 Å². The highest BCUT2D eigenvalue weighted by atomic mass is 32.2. The molecule has 1 N–H and O–H groups in total. The van der Waals surface area contributed by atoms with Crippen molar-refractivity contribution in [2.24, 2.45) is 0 Å². The monoisotopic (exact) mass is 500 g/mol. The first-order valence-electron chi connectivity index (χ1n) is 10.9. The molecule has 0 atom stereocenters. The molecule has 0 aromatic heterocycles. The van der Waals surface area contributed by atoms with Gasteiger partial charge in [0.2, 0.25) is 5.91 Å². The van der Waals surface area contributed by atoms with Crippen molar-refractivity contribution >= 4 is 33.0 Å². The number of hydrogen-bond acceptors (Lipinski definition) is 4. The van der Waals surface area contributed by atoms with Gasteiger partial charge in [0.25, 0.3) is 11.8 Å². The van der Waals surface area contributed by atoms with E-state index < -0.39 is 28.2 Å². The number of carbonyl (C=O) groups excluding carboxylic acids is 2. The van der Waals surface area contributed by atoms with Crippen LogP contribution < -0.4 is 10.2 Å². The molecule has 3 aromatic rings. The molecule has 2 amide bonds. The first kappa shape index (κ1) is 26.0. The molecule has 3 aromatic carbocycles. The zero-order valence-electron chi connectivity index (χ0n) is 19.4. The van der Waals surface area contributed by atoms with Gasteiger partial charge in [0, 0.05) is 23.9 Å². The Hall–Kier alpha value is -3.59. The average molecular weight is 501 g/mol. The Morgan fingerprint density at radius 1 is 0.914 bits per heavy atom. The maximum atomic E-state index is 13.7. The number of amides is 2. The smallest absolute Gasteiger partial charge is 0.263 e. The van der Waals surface area contributed by atoms with E-state index in [4.69, 9.17) is 0 Å². The standard InChI is InChI=1S/C26H26F2N2O4S/c1-3-35(33,34)23-15-9-19(10-16-23)17-24(31)29-21-13-11-20(12-14-21)25(32)30(18-26(2,27)28)22-7-5-4-6-8-22/h4-16H,3,17-18H2,1-2H3,(H,29,31). The minimum absolute atomic E-state index is 0.00465. The molecule has 0 bridgehead atoms. The molecule has 3 rings (SSSR count). The van der Waals surface area contributed by atoms with E-state index in [9.17, 15) is 26.8 Å². The van der Waals surface area contributed by atoms with E-state index in [1.54, 1.807) is 49.4 Å². The summed E-state index contributed by atoms with van der Waals surface area (Å²) in [4.78, 5) is 26.6. The molecule has 35 heavy (non-hydrogen) atoms. The SMILES string of the molecule is CCS(=O)(=O)c1ccc(CC(=O)Nc2ccc(C(=O)N(CC(C)(F)F)c3ccccc3)cc2)cc1. The Morgan fingerprint density at radius 2 is 1.51 bits per heavy atom. The molecular weight excluding hydrogens is 474 g/mol. The Balaban J connectivity index is 1.67. The van der Waals surface area contributed by atoms with Crippen molar-refractivity contribution in [2.45, 2.75) is 31.1 Å². The zero-order valence-corrected chi connectivity index (χ0v) is 20.2. The molecular formula is C26H26F2N2O4S. The van der Waals surface area contributed by atoms with E-state index >= 15 is 0 Å². The van der Waals surface area contributed by atoms with Gasteiger partial charge in [-0.15, -0.1) is 0 Å². The quantitative estimate of drug-likeness (QED) is 0.450. The molecule has 0 radical (unpaired) electrons. The van der Waals surface area contributed by atoms with Gasteiger partial charge in [-0.05, 0) is 54.1 Å². The number of rotatable bonds is 9. The predicted octanol–water partition coefficient (Wildman–Crippen LogP) is 4.96. The van der Waals surface area contributed by atoms with Crippen LogP contribution >= 0.6 is 0 Å². The summed E-state index contributed by atoms with van der Waals surface area (Å²) < 4.78 is 51.3. The molecule has 0 unspecified atom stereocenters. The maximum Gasteiger partial charge on any atom is 0.263 e. The van der Waals surface area contributed by atoms with Crippen LogP contribution in [0.4, 0.5) is 20.2 Å². The summed E-state index contributed by atoms with van der Waals surface area (Å²) in [7, 11) is -3.31. The molecule has 184 valence electrons. The second-order valence-electron chi connectivity index (χ2n) is 8.15. The van der Waals surface area contributed by atoms with Crippen molar-refractivity contribution in [3.63, 3.8) is 0 Å². The van der Waals surface area contributed by atoms with Crippen molar-refractivity contribution in [1.29, 1.82) is 0 Å². The largest absolute Gasteiger partial charge is 0.326 e. The van der Waals surface area contributed by atoms with Gasteiger partial charge in [-0.1, -0.05) is 37.3 Å². The number of benzene rings is 3. The van der Waals surface area contributed by atoms with Crippen LogP contribution in [-0.4, -0.2) is 38.5 Å². The number of para-hydroxylation sites is 1. The normalized spacial score (nSPS) is 11.7. The third-order valence-electron chi connectivity index (χ3n) is 5.19. The fourth-order valence-corrected chi connectivity index (χ4v) is 4.27. The third kappa shape index (κ3) is 7.19. The lowest BCUT2D eigenvalue weighted by Gasteiger charge is -2.26. The zero-order chi connectivity index (χ0) is 25.6. The Morgan fingerprint density at radius 3 is 2.06 bits per heavy atom.